The third-order valence-electron chi connectivity index (χ3n) is 5.66. The third-order valence-corrected chi connectivity index (χ3v) is 5.66. The van der Waals surface area contributed by atoms with Gasteiger partial charge in [-0.15, -0.1) is 0 Å². The van der Waals surface area contributed by atoms with E-state index < -0.39 is 0 Å². The van der Waals surface area contributed by atoms with Gasteiger partial charge in [-0.1, -0.05) is 31.0 Å². The highest BCUT2D eigenvalue weighted by atomic mass is 16.2. The van der Waals surface area contributed by atoms with Crippen LogP contribution in [0.1, 0.15) is 25.7 Å². The fraction of sp³-hybridized carbons (Fsp3) is 0.318. The summed E-state index contributed by atoms with van der Waals surface area (Å²) in [6.07, 6.45) is 10.0. The Hall–Kier alpha value is -3.15. The summed E-state index contributed by atoms with van der Waals surface area (Å²) in [7, 11) is 0. The fourth-order valence-electron chi connectivity index (χ4n) is 4.20. The van der Waals surface area contributed by atoms with Gasteiger partial charge in [-0.3, -0.25) is 9.88 Å². The van der Waals surface area contributed by atoms with Gasteiger partial charge >= 0.3 is 6.03 Å². The lowest BCUT2D eigenvalue weighted by Gasteiger charge is -2.35. The van der Waals surface area contributed by atoms with Crippen LogP contribution in [0, 0.1) is 0 Å². The Balaban J connectivity index is 1.57. The molecule has 0 bridgehead atoms. The molecule has 142 valence electrons. The molecule has 2 amide bonds. The van der Waals surface area contributed by atoms with Gasteiger partial charge in [0, 0.05) is 36.6 Å². The molecular formula is C22H23N5O. The molecule has 0 saturated carbocycles. The number of urea groups is 1. The van der Waals surface area contributed by atoms with Crippen molar-refractivity contribution in [3.05, 3.63) is 55.0 Å². The van der Waals surface area contributed by atoms with Gasteiger partial charge in [0.15, 0.2) is 0 Å². The van der Waals surface area contributed by atoms with Crippen molar-refractivity contribution in [2.75, 3.05) is 18.0 Å². The minimum Gasteiger partial charge on any atom is -0.324 e. The maximum atomic E-state index is 13.5. The second-order valence-electron chi connectivity index (χ2n) is 7.40. The van der Waals surface area contributed by atoms with Crippen LogP contribution in [0.4, 0.5) is 10.5 Å². The molecule has 0 N–H and O–H groups in total. The van der Waals surface area contributed by atoms with Gasteiger partial charge in [0.05, 0.1) is 17.6 Å². The number of hydrogen-bond donors (Lipinski definition) is 0. The lowest BCUT2D eigenvalue weighted by atomic mass is 10.1. The van der Waals surface area contributed by atoms with Gasteiger partial charge in [-0.05, 0) is 31.0 Å². The summed E-state index contributed by atoms with van der Waals surface area (Å²) in [5.41, 5.74) is 4.06. The highest BCUT2D eigenvalue weighted by molar-refractivity contribution is 5.97. The highest BCUT2D eigenvalue weighted by Gasteiger charge is 2.31. The number of pyridine rings is 1. The lowest BCUT2D eigenvalue weighted by molar-refractivity contribution is 0.204. The summed E-state index contributed by atoms with van der Waals surface area (Å²) < 4.78 is 2.13. The molecule has 2 aliphatic rings. The van der Waals surface area contributed by atoms with Crippen LogP contribution in [-0.2, 0) is 6.67 Å². The van der Waals surface area contributed by atoms with E-state index in [0.717, 1.165) is 54.3 Å². The van der Waals surface area contributed by atoms with Crippen molar-refractivity contribution in [1.29, 1.82) is 0 Å². The Morgan fingerprint density at radius 2 is 1.68 bits per heavy atom. The Morgan fingerprint density at radius 3 is 2.46 bits per heavy atom. The van der Waals surface area contributed by atoms with E-state index in [-0.39, 0.29) is 6.03 Å². The Bertz CT molecular complexity index is 976. The molecule has 3 aromatic rings. The standard InChI is InChI=1S/C22H23N5O/c28-22(25-13-5-1-2-6-14-25)27-16-26-20(18-7-3-4-8-19(18)27)15-24-21(26)17-9-11-23-12-10-17/h3-4,7-12,15H,1-2,5-6,13-14,16H2. The normalized spacial score (nSPS) is 16.3. The van der Waals surface area contributed by atoms with E-state index in [9.17, 15) is 4.79 Å². The zero-order chi connectivity index (χ0) is 18.9. The Labute approximate surface area is 164 Å². The van der Waals surface area contributed by atoms with Crippen LogP contribution in [0.15, 0.2) is 55.0 Å². The van der Waals surface area contributed by atoms with Crippen LogP contribution >= 0.6 is 0 Å². The number of carbonyl (C=O) groups is 1. The summed E-state index contributed by atoms with van der Waals surface area (Å²) in [6.45, 7) is 2.15. The van der Waals surface area contributed by atoms with E-state index in [1.165, 1.54) is 12.8 Å². The molecule has 0 atom stereocenters. The van der Waals surface area contributed by atoms with Gasteiger partial charge in [0.2, 0.25) is 0 Å². The number of rotatable bonds is 1. The molecule has 0 spiro atoms. The smallest absolute Gasteiger partial charge is 0.324 e. The molecule has 1 aromatic carbocycles. The number of amides is 2. The van der Waals surface area contributed by atoms with Crippen LogP contribution in [0.3, 0.4) is 0 Å². The number of anilines is 1. The van der Waals surface area contributed by atoms with E-state index in [1.807, 2.05) is 46.3 Å². The van der Waals surface area contributed by atoms with Crippen molar-refractivity contribution in [3.63, 3.8) is 0 Å². The van der Waals surface area contributed by atoms with E-state index in [4.69, 9.17) is 0 Å². The molecule has 6 nitrogen and oxygen atoms in total. The van der Waals surface area contributed by atoms with Crippen molar-refractivity contribution in [2.45, 2.75) is 32.4 Å². The van der Waals surface area contributed by atoms with Gasteiger partial charge in [-0.25, -0.2) is 9.78 Å². The molecule has 5 rings (SSSR count). The minimum atomic E-state index is 0.0920. The summed E-state index contributed by atoms with van der Waals surface area (Å²) in [4.78, 5) is 26.2. The van der Waals surface area contributed by atoms with Crippen molar-refractivity contribution in [3.8, 4) is 22.6 Å². The van der Waals surface area contributed by atoms with Crippen LogP contribution in [-0.4, -0.2) is 38.6 Å². The van der Waals surface area contributed by atoms with Gasteiger partial charge < -0.3 is 9.47 Å². The first kappa shape index (κ1) is 17.0. The summed E-state index contributed by atoms with van der Waals surface area (Å²) >= 11 is 0. The number of aromatic nitrogens is 3. The lowest BCUT2D eigenvalue weighted by Crippen LogP contribution is -2.46. The third kappa shape index (κ3) is 2.85. The number of fused-ring (bicyclic) bond motifs is 3. The first-order chi connectivity index (χ1) is 13.8. The Kier molecular flexibility index (Phi) is 4.31. The maximum absolute atomic E-state index is 13.5. The monoisotopic (exact) mass is 373 g/mol. The topological polar surface area (TPSA) is 54.3 Å². The van der Waals surface area contributed by atoms with Gasteiger partial charge in [-0.2, -0.15) is 0 Å². The number of carbonyl (C=O) groups excluding carboxylic acids is 1. The van der Waals surface area contributed by atoms with Crippen molar-refractivity contribution < 1.29 is 4.79 Å². The summed E-state index contributed by atoms with van der Waals surface area (Å²) in [6, 6.07) is 12.1. The highest BCUT2D eigenvalue weighted by Crippen LogP contribution is 2.38. The molecule has 6 heteroatoms. The van der Waals surface area contributed by atoms with Crippen LogP contribution in [0.5, 0.6) is 0 Å². The first-order valence-corrected chi connectivity index (χ1v) is 9.95. The van der Waals surface area contributed by atoms with Crippen molar-refractivity contribution in [1.82, 2.24) is 19.4 Å². The molecular weight excluding hydrogens is 350 g/mol. The van der Waals surface area contributed by atoms with Gasteiger partial charge in [0.25, 0.3) is 0 Å². The largest absolute Gasteiger partial charge is 0.326 e. The first-order valence-electron chi connectivity index (χ1n) is 9.95. The molecule has 2 aliphatic heterocycles. The van der Waals surface area contributed by atoms with Gasteiger partial charge in [0.1, 0.15) is 12.5 Å². The molecule has 2 aromatic heterocycles. The number of imidazole rings is 1. The number of hydrogen-bond acceptors (Lipinski definition) is 3. The fourth-order valence-corrected chi connectivity index (χ4v) is 4.20. The summed E-state index contributed by atoms with van der Waals surface area (Å²) in [5, 5.41) is 0. The van der Waals surface area contributed by atoms with Crippen molar-refractivity contribution in [2.24, 2.45) is 0 Å². The molecule has 0 aliphatic carbocycles. The van der Waals surface area contributed by atoms with Crippen LogP contribution in [0.25, 0.3) is 22.6 Å². The summed E-state index contributed by atoms with van der Waals surface area (Å²) in [5.74, 6) is 0.862. The number of likely N-dealkylation sites (tertiary alicyclic amines) is 1. The second kappa shape index (κ2) is 7.11. The van der Waals surface area contributed by atoms with E-state index in [2.05, 4.69) is 20.6 Å². The van der Waals surface area contributed by atoms with E-state index >= 15 is 0 Å². The molecule has 1 saturated heterocycles. The zero-order valence-corrected chi connectivity index (χ0v) is 15.8. The molecule has 1 fully saturated rings. The van der Waals surface area contributed by atoms with E-state index in [1.54, 1.807) is 12.4 Å². The van der Waals surface area contributed by atoms with Crippen molar-refractivity contribution >= 4 is 11.7 Å². The molecule has 28 heavy (non-hydrogen) atoms. The average molecular weight is 373 g/mol. The number of nitrogens with zero attached hydrogens (tertiary/aromatic N) is 5. The maximum Gasteiger partial charge on any atom is 0.326 e. The van der Waals surface area contributed by atoms with E-state index in [0.29, 0.717) is 6.67 Å². The molecule has 4 heterocycles. The second-order valence-corrected chi connectivity index (χ2v) is 7.40. The molecule has 0 unspecified atom stereocenters. The SMILES string of the molecule is O=C(N1CCCCCC1)N1Cn2c(cnc2-c2ccncc2)-c2ccccc21. The number of para-hydroxylation sites is 1. The molecule has 0 radical (unpaired) electrons. The zero-order valence-electron chi connectivity index (χ0n) is 15.8. The quantitative estimate of drug-likeness (QED) is 0.636. The van der Waals surface area contributed by atoms with Crippen LogP contribution < -0.4 is 4.90 Å². The average Bonchev–Trinajstić information content (AvgIpc) is 2.99. The predicted octanol–water partition coefficient (Wildman–Crippen LogP) is 4.39. The van der Waals surface area contributed by atoms with Crippen LogP contribution in [0.2, 0.25) is 0 Å². The number of benzene rings is 1. The minimum absolute atomic E-state index is 0.0920. The Morgan fingerprint density at radius 1 is 0.929 bits per heavy atom. The predicted molar refractivity (Wildman–Crippen MR) is 109 cm³/mol.